The third kappa shape index (κ3) is 5.30. The van der Waals surface area contributed by atoms with Gasteiger partial charge in [-0.25, -0.2) is 9.78 Å². The summed E-state index contributed by atoms with van der Waals surface area (Å²) < 4.78 is 11.9. The summed E-state index contributed by atoms with van der Waals surface area (Å²) in [5, 5.41) is 6.77. The highest BCUT2D eigenvalue weighted by molar-refractivity contribution is 5.94. The lowest BCUT2D eigenvalue weighted by atomic mass is 10.2. The van der Waals surface area contributed by atoms with E-state index >= 15 is 0 Å². The van der Waals surface area contributed by atoms with Crippen LogP contribution in [0.4, 0.5) is 10.7 Å². The topological polar surface area (TPSA) is 137 Å². The fraction of sp³-hybridized carbons (Fsp3) is 0.526. The molecule has 1 atom stereocenters. The van der Waals surface area contributed by atoms with E-state index in [0.29, 0.717) is 43.5 Å². The molecule has 0 aromatic carbocycles. The molecule has 0 spiro atoms. The average molecular weight is 417 g/mol. The van der Waals surface area contributed by atoms with Crippen LogP contribution in [-0.4, -0.2) is 68.6 Å². The number of morpholine rings is 1. The highest BCUT2D eigenvalue weighted by atomic mass is 16.6. The van der Waals surface area contributed by atoms with Crippen molar-refractivity contribution in [3.63, 3.8) is 0 Å². The summed E-state index contributed by atoms with van der Waals surface area (Å²) in [5.74, 6) is 0.772. The van der Waals surface area contributed by atoms with Gasteiger partial charge in [0, 0.05) is 19.3 Å². The number of ether oxygens (including phenoxy) is 2. The Hall–Kier alpha value is -3.05. The minimum atomic E-state index is -0.671. The van der Waals surface area contributed by atoms with Gasteiger partial charge in [0.1, 0.15) is 5.60 Å². The zero-order valence-corrected chi connectivity index (χ0v) is 17.6. The standard InChI is InChI=1S/C19H27N7O4/c1-12(20)15-22-17(23-18(28)30-19(2,3)4)24-26(15)14-6-5-13(11-21-14)16(27)25-7-9-29-10-8-25/h5-6,11-12H,7-10,20H2,1-4H3,(H,23,24,28). The molecule has 0 aliphatic carbocycles. The molecule has 1 saturated heterocycles. The van der Waals surface area contributed by atoms with Crippen LogP contribution in [0.5, 0.6) is 0 Å². The SMILES string of the molecule is CC(N)c1nc(NC(=O)OC(C)(C)C)nn1-c1ccc(C(=O)N2CCOCC2)cn1. The van der Waals surface area contributed by atoms with E-state index in [1.165, 1.54) is 10.9 Å². The first-order valence-electron chi connectivity index (χ1n) is 9.70. The molecule has 0 radical (unpaired) electrons. The maximum absolute atomic E-state index is 12.6. The van der Waals surface area contributed by atoms with Crippen molar-refractivity contribution >= 4 is 17.9 Å². The number of rotatable bonds is 4. The second-order valence-corrected chi connectivity index (χ2v) is 7.93. The molecular weight excluding hydrogens is 390 g/mol. The van der Waals surface area contributed by atoms with Gasteiger partial charge in [0.25, 0.3) is 11.9 Å². The molecule has 0 bridgehead atoms. The van der Waals surface area contributed by atoms with Crippen LogP contribution >= 0.6 is 0 Å². The summed E-state index contributed by atoms with van der Waals surface area (Å²) in [6.07, 6.45) is 0.816. The van der Waals surface area contributed by atoms with Gasteiger partial charge in [-0.05, 0) is 39.8 Å². The first-order chi connectivity index (χ1) is 14.1. The first kappa shape index (κ1) is 21.7. The number of aromatic nitrogens is 4. The molecular formula is C19H27N7O4. The van der Waals surface area contributed by atoms with Gasteiger partial charge >= 0.3 is 6.09 Å². The Morgan fingerprint density at radius 2 is 1.97 bits per heavy atom. The Balaban J connectivity index is 1.79. The monoisotopic (exact) mass is 417 g/mol. The van der Waals surface area contributed by atoms with Crippen molar-refractivity contribution in [1.82, 2.24) is 24.6 Å². The Kier molecular flexibility index (Phi) is 6.32. The van der Waals surface area contributed by atoms with Gasteiger partial charge in [0.2, 0.25) is 0 Å². The smallest absolute Gasteiger partial charge is 0.414 e. The van der Waals surface area contributed by atoms with Crippen molar-refractivity contribution in [2.24, 2.45) is 5.73 Å². The number of amides is 2. The molecule has 1 aliphatic heterocycles. The van der Waals surface area contributed by atoms with Gasteiger partial charge in [-0.1, -0.05) is 0 Å². The molecule has 0 saturated carbocycles. The van der Waals surface area contributed by atoms with E-state index in [1.54, 1.807) is 44.7 Å². The van der Waals surface area contributed by atoms with E-state index in [-0.39, 0.29) is 11.9 Å². The number of nitrogens with zero attached hydrogens (tertiary/aromatic N) is 5. The van der Waals surface area contributed by atoms with Gasteiger partial charge in [0.15, 0.2) is 11.6 Å². The predicted octanol–water partition coefficient (Wildman–Crippen LogP) is 1.50. The lowest BCUT2D eigenvalue weighted by molar-refractivity contribution is 0.0302. The highest BCUT2D eigenvalue weighted by Crippen LogP contribution is 2.17. The van der Waals surface area contributed by atoms with Crippen LogP contribution in [0, 0.1) is 0 Å². The molecule has 2 aromatic heterocycles. The molecule has 1 aliphatic rings. The second kappa shape index (κ2) is 8.76. The van der Waals surface area contributed by atoms with E-state index in [0.717, 1.165) is 0 Å². The lowest BCUT2D eigenvalue weighted by Crippen LogP contribution is -2.40. The van der Waals surface area contributed by atoms with Crippen molar-refractivity contribution in [3.05, 3.63) is 29.7 Å². The minimum Gasteiger partial charge on any atom is -0.444 e. The average Bonchev–Trinajstić information content (AvgIpc) is 3.10. The normalized spacial score (nSPS) is 15.6. The fourth-order valence-electron chi connectivity index (χ4n) is 2.82. The van der Waals surface area contributed by atoms with Crippen molar-refractivity contribution in [2.75, 3.05) is 31.6 Å². The molecule has 30 heavy (non-hydrogen) atoms. The van der Waals surface area contributed by atoms with Gasteiger partial charge in [-0.3, -0.25) is 10.1 Å². The molecule has 11 nitrogen and oxygen atoms in total. The molecule has 1 fully saturated rings. The summed E-state index contributed by atoms with van der Waals surface area (Å²) in [7, 11) is 0. The molecule has 11 heteroatoms. The van der Waals surface area contributed by atoms with Gasteiger partial charge in [-0.2, -0.15) is 9.67 Å². The van der Waals surface area contributed by atoms with Crippen LogP contribution < -0.4 is 11.1 Å². The van der Waals surface area contributed by atoms with E-state index in [9.17, 15) is 9.59 Å². The van der Waals surface area contributed by atoms with Gasteiger partial charge < -0.3 is 20.1 Å². The Morgan fingerprint density at radius 1 is 1.27 bits per heavy atom. The minimum absolute atomic E-state index is 0.0480. The van der Waals surface area contributed by atoms with Crippen LogP contribution in [0.15, 0.2) is 18.3 Å². The number of anilines is 1. The van der Waals surface area contributed by atoms with Crippen molar-refractivity contribution in [3.8, 4) is 5.82 Å². The molecule has 162 valence electrons. The number of pyridine rings is 1. The summed E-state index contributed by atoms with van der Waals surface area (Å²) in [5.41, 5.74) is 5.82. The quantitative estimate of drug-likeness (QED) is 0.763. The maximum Gasteiger partial charge on any atom is 0.414 e. The summed E-state index contributed by atoms with van der Waals surface area (Å²) >= 11 is 0. The third-order valence-electron chi connectivity index (χ3n) is 4.16. The number of nitrogens with two attached hydrogens (primary N) is 1. The van der Waals surface area contributed by atoms with Gasteiger partial charge in [0.05, 0.1) is 24.8 Å². The Labute approximate surface area is 174 Å². The van der Waals surface area contributed by atoms with Crippen LogP contribution in [0.1, 0.15) is 49.9 Å². The Morgan fingerprint density at radius 3 is 2.53 bits per heavy atom. The van der Waals surface area contributed by atoms with E-state index in [4.69, 9.17) is 15.2 Å². The molecule has 1 unspecified atom stereocenters. The first-order valence-corrected chi connectivity index (χ1v) is 9.70. The number of hydrogen-bond donors (Lipinski definition) is 2. The van der Waals surface area contributed by atoms with Crippen molar-refractivity contribution in [2.45, 2.75) is 39.3 Å². The fourth-order valence-corrected chi connectivity index (χ4v) is 2.82. The third-order valence-corrected chi connectivity index (χ3v) is 4.16. The summed E-state index contributed by atoms with van der Waals surface area (Å²) in [6.45, 7) is 9.19. The largest absolute Gasteiger partial charge is 0.444 e. The molecule has 3 heterocycles. The molecule has 3 rings (SSSR count). The number of carbonyl (C=O) groups excluding carboxylic acids is 2. The number of carbonyl (C=O) groups is 2. The van der Waals surface area contributed by atoms with E-state index in [2.05, 4.69) is 20.4 Å². The van der Waals surface area contributed by atoms with Crippen LogP contribution in [0.2, 0.25) is 0 Å². The molecule has 2 amide bonds. The summed E-state index contributed by atoms with van der Waals surface area (Å²) in [4.78, 5) is 34.9. The van der Waals surface area contributed by atoms with Gasteiger partial charge in [-0.15, -0.1) is 5.10 Å². The molecule has 2 aromatic rings. The van der Waals surface area contributed by atoms with Crippen LogP contribution in [-0.2, 0) is 9.47 Å². The summed E-state index contributed by atoms with van der Waals surface area (Å²) in [6, 6.07) is 2.86. The maximum atomic E-state index is 12.6. The Bertz CT molecular complexity index is 897. The van der Waals surface area contributed by atoms with E-state index in [1.807, 2.05) is 0 Å². The van der Waals surface area contributed by atoms with Crippen molar-refractivity contribution in [1.29, 1.82) is 0 Å². The predicted molar refractivity (Wildman–Crippen MR) is 108 cm³/mol. The number of nitrogens with one attached hydrogen (secondary N) is 1. The van der Waals surface area contributed by atoms with Crippen molar-refractivity contribution < 1.29 is 19.1 Å². The zero-order valence-electron chi connectivity index (χ0n) is 17.6. The zero-order chi connectivity index (χ0) is 21.9. The molecule has 3 N–H and O–H groups in total. The van der Waals surface area contributed by atoms with Crippen LogP contribution in [0.25, 0.3) is 5.82 Å². The highest BCUT2D eigenvalue weighted by Gasteiger charge is 2.22. The second-order valence-electron chi connectivity index (χ2n) is 7.93. The van der Waals surface area contributed by atoms with Crippen LogP contribution in [0.3, 0.4) is 0 Å². The lowest BCUT2D eigenvalue weighted by Gasteiger charge is -2.26. The number of hydrogen-bond acceptors (Lipinski definition) is 8. The van der Waals surface area contributed by atoms with E-state index < -0.39 is 17.7 Å².